The highest BCUT2D eigenvalue weighted by atomic mass is 15.2. The highest BCUT2D eigenvalue weighted by Crippen LogP contribution is 2.32. The maximum absolute atomic E-state index is 5.65. The molecule has 0 aromatic carbocycles. The van der Waals surface area contributed by atoms with Crippen molar-refractivity contribution in [2.24, 2.45) is 5.73 Å². The second-order valence-electron chi connectivity index (χ2n) is 4.19. The van der Waals surface area contributed by atoms with Gasteiger partial charge in [0.05, 0.1) is 5.69 Å². The molecular formula is C12H19N3. The van der Waals surface area contributed by atoms with Gasteiger partial charge in [-0.15, -0.1) is 0 Å². The van der Waals surface area contributed by atoms with Gasteiger partial charge in [0, 0.05) is 31.4 Å². The summed E-state index contributed by atoms with van der Waals surface area (Å²) >= 11 is 0. The molecule has 1 saturated carbocycles. The van der Waals surface area contributed by atoms with E-state index in [-0.39, 0.29) is 0 Å². The van der Waals surface area contributed by atoms with Crippen LogP contribution < -0.4 is 5.73 Å². The lowest BCUT2D eigenvalue weighted by atomic mass is 10.2. The number of hydrogen-bond donors (Lipinski definition) is 1. The van der Waals surface area contributed by atoms with Crippen LogP contribution in [-0.4, -0.2) is 29.0 Å². The van der Waals surface area contributed by atoms with Crippen molar-refractivity contribution in [1.29, 1.82) is 0 Å². The molecule has 1 aliphatic carbocycles. The normalized spacial score (nSPS) is 18.1. The van der Waals surface area contributed by atoms with E-state index in [0.717, 1.165) is 24.8 Å². The molecule has 0 saturated heterocycles. The van der Waals surface area contributed by atoms with Crippen molar-refractivity contribution in [3.8, 4) is 0 Å². The van der Waals surface area contributed by atoms with Gasteiger partial charge >= 0.3 is 0 Å². The van der Waals surface area contributed by atoms with Crippen LogP contribution in [0.4, 0.5) is 0 Å². The first-order valence-electron chi connectivity index (χ1n) is 5.69. The monoisotopic (exact) mass is 205 g/mol. The van der Waals surface area contributed by atoms with E-state index in [4.69, 9.17) is 5.73 Å². The quantitative estimate of drug-likeness (QED) is 0.793. The Balaban J connectivity index is 2.07. The molecule has 1 atom stereocenters. The molecule has 1 heterocycles. The first-order valence-corrected chi connectivity index (χ1v) is 5.69. The summed E-state index contributed by atoms with van der Waals surface area (Å²) in [4.78, 5) is 6.88. The molecule has 15 heavy (non-hydrogen) atoms. The lowest BCUT2D eigenvalue weighted by Crippen LogP contribution is -2.34. The van der Waals surface area contributed by atoms with Crippen molar-refractivity contribution in [3.05, 3.63) is 30.1 Å². The van der Waals surface area contributed by atoms with E-state index >= 15 is 0 Å². The number of nitrogens with two attached hydrogens (primary N) is 1. The molecule has 0 bridgehead atoms. The minimum absolute atomic E-state index is 0.391. The number of pyridine rings is 1. The van der Waals surface area contributed by atoms with Gasteiger partial charge in [-0.3, -0.25) is 9.88 Å². The zero-order chi connectivity index (χ0) is 10.7. The summed E-state index contributed by atoms with van der Waals surface area (Å²) < 4.78 is 0. The number of rotatable bonds is 5. The second-order valence-corrected chi connectivity index (χ2v) is 4.19. The zero-order valence-corrected chi connectivity index (χ0v) is 9.26. The standard InChI is InChI=1S/C12H19N3/c1-10(12-4-2-3-8-14-12)15(9-7-13)11-5-6-11/h2-4,8,10-11H,5-7,9,13H2,1H3/t10-/m0/s1. The van der Waals surface area contributed by atoms with Crippen molar-refractivity contribution in [2.75, 3.05) is 13.1 Å². The van der Waals surface area contributed by atoms with E-state index in [2.05, 4.69) is 22.9 Å². The topological polar surface area (TPSA) is 42.2 Å². The van der Waals surface area contributed by atoms with E-state index in [9.17, 15) is 0 Å². The van der Waals surface area contributed by atoms with E-state index in [0.29, 0.717) is 6.04 Å². The Morgan fingerprint density at radius 3 is 2.87 bits per heavy atom. The molecular weight excluding hydrogens is 186 g/mol. The Morgan fingerprint density at radius 1 is 1.53 bits per heavy atom. The van der Waals surface area contributed by atoms with Gasteiger partial charge in [-0.2, -0.15) is 0 Å². The Hall–Kier alpha value is -0.930. The molecule has 2 N–H and O–H groups in total. The number of aromatic nitrogens is 1. The van der Waals surface area contributed by atoms with Gasteiger partial charge in [0.2, 0.25) is 0 Å². The molecule has 1 aromatic heterocycles. The number of nitrogens with zero attached hydrogens (tertiary/aromatic N) is 2. The molecule has 0 amide bonds. The molecule has 2 rings (SSSR count). The highest BCUT2D eigenvalue weighted by molar-refractivity contribution is 5.09. The minimum Gasteiger partial charge on any atom is -0.329 e. The van der Waals surface area contributed by atoms with Crippen LogP contribution in [0.1, 0.15) is 31.5 Å². The average molecular weight is 205 g/mol. The van der Waals surface area contributed by atoms with Crippen molar-refractivity contribution in [2.45, 2.75) is 31.8 Å². The first kappa shape index (κ1) is 10.6. The Kier molecular flexibility index (Phi) is 3.34. The van der Waals surface area contributed by atoms with Crippen LogP contribution in [0.2, 0.25) is 0 Å². The van der Waals surface area contributed by atoms with Crippen LogP contribution >= 0.6 is 0 Å². The highest BCUT2D eigenvalue weighted by Gasteiger charge is 2.32. The molecule has 0 unspecified atom stereocenters. The number of hydrogen-bond acceptors (Lipinski definition) is 3. The molecule has 82 valence electrons. The molecule has 1 aromatic rings. The van der Waals surface area contributed by atoms with E-state index in [1.54, 1.807) is 0 Å². The fraction of sp³-hybridized carbons (Fsp3) is 0.583. The van der Waals surface area contributed by atoms with Gasteiger partial charge in [-0.25, -0.2) is 0 Å². The lowest BCUT2D eigenvalue weighted by Gasteiger charge is -2.28. The predicted molar refractivity (Wildman–Crippen MR) is 61.4 cm³/mol. The minimum atomic E-state index is 0.391. The van der Waals surface area contributed by atoms with Gasteiger partial charge in [0.25, 0.3) is 0 Å². The van der Waals surface area contributed by atoms with Crippen LogP contribution in [0.15, 0.2) is 24.4 Å². The maximum Gasteiger partial charge on any atom is 0.0572 e. The summed E-state index contributed by atoms with van der Waals surface area (Å²) in [5.74, 6) is 0. The summed E-state index contributed by atoms with van der Waals surface area (Å²) in [6, 6.07) is 7.23. The fourth-order valence-electron chi connectivity index (χ4n) is 2.04. The zero-order valence-electron chi connectivity index (χ0n) is 9.26. The van der Waals surface area contributed by atoms with Crippen molar-refractivity contribution >= 4 is 0 Å². The van der Waals surface area contributed by atoms with E-state index in [1.165, 1.54) is 12.8 Å². The SMILES string of the molecule is C[C@@H](c1ccccn1)N(CCN)C1CC1. The van der Waals surface area contributed by atoms with Crippen LogP contribution in [0.3, 0.4) is 0 Å². The molecule has 0 spiro atoms. The van der Waals surface area contributed by atoms with Gasteiger partial charge in [0.1, 0.15) is 0 Å². The lowest BCUT2D eigenvalue weighted by molar-refractivity contribution is 0.202. The molecule has 1 fully saturated rings. The molecule has 0 radical (unpaired) electrons. The summed E-state index contributed by atoms with van der Waals surface area (Å²) in [6.45, 7) is 3.92. The molecule has 3 nitrogen and oxygen atoms in total. The van der Waals surface area contributed by atoms with E-state index in [1.807, 2.05) is 18.3 Å². The molecule has 3 heteroatoms. The summed E-state index contributed by atoms with van der Waals surface area (Å²) in [7, 11) is 0. The third-order valence-corrected chi connectivity index (χ3v) is 3.02. The largest absolute Gasteiger partial charge is 0.329 e. The second kappa shape index (κ2) is 4.73. The Labute approximate surface area is 91.3 Å². The third-order valence-electron chi connectivity index (χ3n) is 3.02. The van der Waals surface area contributed by atoms with Crippen LogP contribution in [0.25, 0.3) is 0 Å². The summed E-state index contributed by atoms with van der Waals surface area (Å²) in [5, 5.41) is 0. The predicted octanol–water partition coefficient (Wildman–Crippen LogP) is 1.57. The maximum atomic E-state index is 5.65. The summed E-state index contributed by atoms with van der Waals surface area (Å²) in [6.07, 6.45) is 4.49. The Bertz CT molecular complexity index is 295. The molecule has 0 aliphatic heterocycles. The Morgan fingerprint density at radius 2 is 2.33 bits per heavy atom. The summed E-state index contributed by atoms with van der Waals surface area (Å²) in [5.41, 5.74) is 6.80. The molecule has 1 aliphatic rings. The van der Waals surface area contributed by atoms with Crippen molar-refractivity contribution in [3.63, 3.8) is 0 Å². The van der Waals surface area contributed by atoms with Gasteiger partial charge in [-0.05, 0) is 31.9 Å². The van der Waals surface area contributed by atoms with Crippen LogP contribution in [0.5, 0.6) is 0 Å². The first-order chi connectivity index (χ1) is 7.33. The van der Waals surface area contributed by atoms with Crippen LogP contribution in [0, 0.1) is 0 Å². The van der Waals surface area contributed by atoms with Gasteiger partial charge in [-0.1, -0.05) is 6.07 Å². The van der Waals surface area contributed by atoms with Crippen LogP contribution in [-0.2, 0) is 0 Å². The average Bonchev–Trinajstić information content (AvgIpc) is 3.10. The van der Waals surface area contributed by atoms with E-state index < -0.39 is 0 Å². The van der Waals surface area contributed by atoms with Gasteiger partial charge < -0.3 is 5.73 Å². The fourth-order valence-corrected chi connectivity index (χ4v) is 2.04. The van der Waals surface area contributed by atoms with Crippen molar-refractivity contribution < 1.29 is 0 Å². The van der Waals surface area contributed by atoms with Gasteiger partial charge in [0.15, 0.2) is 0 Å². The smallest absolute Gasteiger partial charge is 0.0572 e. The van der Waals surface area contributed by atoms with Crippen molar-refractivity contribution in [1.82, 2.24) is 9.88 Å². The third kappa shape index (κ3) is 2.55.